The summed E-state index contributed by atoms with van der Waals surface area (Å²) in [5.74, 6) is 2.12. The number of imidazole rings is 1. The molecule has 2 aromatic heterocycles. The summed E-state index contributed by atoms with van der Waals surface area (Å²) in [5.41, 5.74) is 2.17. The summed E-state index contributed by atoms with van der Waals surface area (Å²) in [5, 5.41) is 12.0. The summed E-state index contributed by atoms with van der Waals surface area (Å²) in [6.45, 7) is 9.37. The Bertz CT molecular complexity index is 1090. The van der Waals surface area contributed by atoms with Gasteiger partial charge < -0.3 is 24.8 Å². The number of fused-ring (bicyclic) bond motifs is 1. The van der Waals surface area contributed by atoms with Crippen molar-refractivity contribution in [1.82, 2.24) is 29.7 Å². The minimum atomic E-state index is -1.07. The zero-order valence-corrected chi connectivity index (χ0v) is 18.4. The van der Waals surface area contributed by atoms with Gasteiger partial charge in [0, 0.05) is 44.8 Å². The number of hydrogen-bond donors (Lipinski definition) is 2. The SMILES string of the molecule is CCN1CCN(c2nc(C)nc3c2nc(-c2ccccc2Cl)n3CCNC(=O)O)CC1. The zero-order valence-electron chi connectivity index (χ0n) is 17.7. The third-order valence-corrected chi connectivity index (χ3v) is 5.86. The Morgan fingerprint density at radius 1 is 1.16 bits per heavy atom. The first-order chi connectivity index (χ1) is 15.0. The highest BCUT2D eigenvalue weighted by Crippen LogP contribution is 2.32. The van der Waals surface area contributed by atoms with E-state index in [2.05, 4.69) is 27.0 Å². The molecule has 0 saturated carbocycles. The maximum Gasteiger partial charge on any atom is 0.404 e. The van der Waals surface area contributed by atoms with Crippen LogP contribution in [-0.2, 0) is 6.54 Å². The van der Waals surface area contributed by atoms with E-state index in [1.54, 1.807) is 0 Å². The molecule has 3 aromatic rings. The van der Waals surface area contributed by atoms with Crippen molar-refractivity contribution in [2.45, 2.75) is 20.4 Å². The Labute approximate surface area is 185 Å². The fraction of sp³-hybridized carbons (Fsp3) is 0.429. The molecule has 0 bridgehead atoms. The maximum atomic E-state index is 11.0. The normalized spacial score (nSPS) is 14.9. The minimum Gasteiger partial charge on any atom is -0.465 e. The van der Waals surface area contributed by atoms with E-state index in [1.807, 2.05) is 35.8 Å². The molecule has 1 aromatic carbocycles. The summed E-state index contributed by atoms with van der Waals surface area (Å²) >= 11 is 6.48. The van der Waals surface area contributed by atoms with Gasteiger partial charge in [-0.1, -0.05) is 30.7 Å². The molecule has 164 valence electrons. The summed E-state index contributed by atoms with van der Waals surface area (Å²) in [6.07, 6.45) is -1.07. The van der Waals surface area contributed by atoms with E-state index in [4.69, 9.17) is 26.7 Å². The number of anilines is 1. The lowest BCUT2D eigenvalue weighted by molar-refractivity contribution is 0.194. The largest absolute Gasteiger partial charge is 0.465 e. The number of carbonyl (C=O) groups is 1. The Balaban J connectivity index is 1.82. The number of likely N-dealkylation sites (N-methyl/N-ethyl adjacent to an activating group) is 1. The smallest absolute Gasteiger partial charge is 0.404 e. The number of carboxylic acid groups (broad SMARTS) is 1. The molecule has 31 heavy (non-hydrogen) atoms. The van der Waals surface area contributed by atoms with E-state index in [9.17, 15) is 4.79 Å². The average Bonchev–Trinajstić information content (AvgIpc) is 3.11. The van der Waals surface area contributed by atoms with Gasteiger partial charge in [0.15, 0.2) is 17.0 Å². The quantitative estimate of drug-likeness (QED) is 0.604. The molecule has 1 saturated heterocycles. The number of rotatable bonds is 6. The van der Waals surface area contributed by atoms with Crippen molar-refractivity contribution in [3.63, 3.8) is 0 Å². The number of aromatic nitrogens is 4. The molecule has 0 atom stereocenters. The number of benzene rings is 1. The summed E-state index contributed by atoms with van der Waals surface area (Å²) in [4.78, 5) is 30.0. The summed E-state index contributed by atoms with van der Waals surface area (Å²) in [6, 6.07) is 7.50. The Kier molecular flexibility index (Phi) is 6.24. The molecule has 1 amide bonds. The van der Waals surface area contributed by atoms with Crippen LogP contribution < -0.4 is 10.2 Å². The van der Waals surface area contributed by atoms with Gasteiger partial charge in [0.05, 0.1) is 5.02 Å². The van der Waals surface area contributed by atoms with Gasteiger partial charge in [0.1, 0.15) is 11.6 Å². The predicted molar refractivity (Wildman–Crippen MR) is 121 cm³/mol. The molecule has 0 spiro atoms. The van der Waals surface area contributed by atoms with E-state index in [0.29, 0.717) is 34.4 Å². The molecule has 0 aliphatic carbocycles. The Morgan fingerprint density at radius 3 is 2.58 bits per heavy atom. The van der Waals surface area contributed by atoms with E-state index < -0.39 is 6.09 Å². The lowest BCUT2D eigenvalue weighted by Gasteiger charge is -2.34. The number of aryl methyl sites for hydroxylation is 1. The monoisotopic (exact) mass is 443 g/mol. The van der Waals surface area contributed by atoms with Gasteiger partial charge in [-0.15, -0.1) is 0 Å². The number of piperazine rings is 1. The molecular weight excluding hydrogens is 418 g/mol. The maximum absolute atomic E-state index is 11.0. The molecule has 3 heterocycles. The van der Waals surface area contributed by atoms with Gasteiger partial charge in [0.25, 0.3) is 0 Å². The molecular formula is C21H26ClN7O2. The van der Waals surface area contributed by atoms with Gasteiger partial charge in [0.2, 0.25) is 0 Å². The fourth-order valence-corrected chi connectivity index (χ4v) is 4.14. The average molecular weight is 444 g/mol. The van der Waals surface area contributed by atoms with Crippen LogP contribution in [0.4, 0.5) is 10.6 Å². The lowest BCUT2D eigenvalue weighted by Crippen LogP contribution is -2.46. The van der Waals surface area contributed by atoms with Crippen LogP contribution in [-0.4, -0.2) is 74.9 Å². The topological polar surface area (TPSA) is 99.4 Å². The van der Waals surface area contributed by atoms with Crippen LogP contribution in [0.1, 0.15) is 12.7 Å². The van der Waals surface area contributed by atoms with Crippen molar-refractivity contribution < 1.29 is 9.90 Å². The van der Waals surface area contributed by atoms with E-state index >= 15 is 0 Å². The van der Waals surface area contributed by atoms with Crippen LogP contribution in [0.25, 0.3) is 22.6 Å². The number of nitrogens with zero attached hydrogens (tertiary/aromatic N) is 6. The van der Waals surface area contributed by atoms with Gasteiger partial charge >= 0.3 is 6.09 Å². The molecule has 4 rings (SSSR count). The number of halogens is 1. The Morgan fingerprint density at radius 2 is 1.90 bits per heavy atom. The standard InChI is InChI=1S/C21H26ClN7O2/c1-3-27-10-12-28(13-11-27)19-17-20(25-14(2)24-19)29(9-8-23-21(30)31)18(26-17)15-6-4-5-7-16(15)22/h4-7,23H,3,8-13H2,1-2H3,(H,30,31). The molecule has 9 nitrogen and oxygen atoms in total. The lowest BCUT2D eigenvalue weighted by atomic mass is 10.2. The van der Waals surface area contributed by atoms with Crippen molar-refractivity contribution in [3.8, 4) is 11.4 Å². The molecule has 0 radical (unpaired) electrons. The number of hydrogen-bond acceptors (Lipinski definition) is 6. The van der Waals surface area contributed by atoms with Crippen LogP contribution in [0.5, 0.6) is 0 Å². The Hall–Kier alpha value is -2.91. The second kappa shape index (κ2) is 9.07. The number of amides is 1. The van der Waals surface area contributed by atoms with Gasteiger partial charge in [-0.05, 0) is 25.6 Å². The van der Waals surface area contributed by atoms with Crippen molar-refractivity contribution in [2.24, 2.45) is 0 Å². The van der Waals surface area contributed by atoms with Gasteiger partial charge in [-0.3, -0.25) is 0 Å². The molecule has 1 aliphatic heterocycles. The molecule has 2 N–H and O–H groups in total. The highest BCUT2D eigenvalue weighted by Gasteiger charge is 2.24. The van der Waals surface area contributed by atoms with Crippen molar-refractivity contribution in [3.05, 3.63) is 35.1 Å². The van der Waals surface area contributed by atoms with E-state index in [-0.39, 0.29) is 6.54 Å². The predicted octanol–water partition coefficient (Wildman–Crippen LogP) is 2.86. The summed E-state index contributed by atoms with van der Waals surface area (Å²) in [7, 11) is 0. The van der Waals surface area contributed by atoms with Gasteiger partial charge in [-0.2, -0.15) is 0 Å². The van der Waals surface area contributed by atoms with Crippen LogP contribution in [0.2, 0.25) is 5.02 Å². The van der Waals surface area contributed by atoms with Crippen molar-refractivity contribution in [2.75, 3.05) is 44.2 Å². The van der Waals surface area contributed by atoms with Crippen LogP contribution in [0.3, 0.4) is 0 Å². The van der Waals surface area contributed by atoms with Crippen molar-refractivity contribution in [1.29, 1.82) is 0 Å². The highest BCUT2D eigenvalue weighted by atomic mass is 35.5. The zero-order chi connectivity index (χ0) is 22.0. The minimum absolute atomic E-state index is 0.228. The molecule has 0 unspecified atom stereocenters. The third kappa shape index (κ3) is 4.42. The second-order valence-electron chi connectivity index (χ2n) is 7.49. The van der Waals surface area contributed by atoms with E-state index in [0.717, 1.165) is 44.1 Å². The first-order valence-electron chi connectivity index (χ1n) is 10.4. The first-order valence-corrected chi connectivity index (χ1v) is 10.8. The van der Waals surface area contributed by atoms with Gasteiger partial charge in [-0.25, -0.2) is 19.7 Å². The fourth-order valence-electron chi connectivity index (χ4n) is 3.92. The molecule has 10 heteroatoms. The molecule has 1 aliphatic rings. The van der Waals surface area contributed by atoms with Crippen LogP contribution in [0.15, 0.2) is 24.3 Å². The van der Waals surface area contributed by atoms with E-state index in [1.165, 1.54) is 0 Å². The first kappa shape index (κ1) is 21.3. The second-order valence-corrected chi connectivity index (χ2v) is 7.89. The molecule has 1 fully saturated rings. The highest BCUT2D eigenvalue weighted by molar-refractivity contribution is 6.33. The van der Waals surface area contributed by atoms with Crippen LogP contribution >= 0.6 is 11.6 Å². The summed E-state index contributed by atoms with van der Waals surface area (Å²) < 4.78 is 1.92. The number of nitrogens with one attached hydrogen (secondary N) is 1. The van der Waals surface area contributed by atoms with Crippen molar-refractivity contribution >= 4 is 34.7 Å². The van der Waals surface area contributed by atoms with Crippen LogP contribution in [0, 0.1) is 6.92 Å². The third-order valence-electron chi connectivity index (χ3n) is 5.53.